The minimum Gasteiger partial charge on any atom is -0.341 e. The first-order valence-corrected chi connectivity index (χ1v) is 6.39. The monoisotopic (exact) mass is 281 g/mol. The van der Waals surface area contributed by atoms with Gasteiger partial charge in [0, 0.05) is 23.6 Å². The van der Waals surface area contributed by atoms with E-state index in [1.165, 1.54) is 12.8 Å². The third-order valence-corrected chi connectivity index (χ3v) is 3.87. The van der Waals surface area contributed by atoms with Gasteiger partial charge in [-0.3, -0.25) is 4.79 Å². The van der Waals surface area contributed by atoms with Crippen molar-refractivity contribution in [3.8, 4) is 0 Å². The van der Waals surface area contributed by atoms with Crippen LogP contribution in [0.4, 0.5) is 0 Å². The number of carbonyl (C=O) groups is 1. The molecule has 0 N–H and O–H groups in total. The highest BCUT2D eigenvalue weighted by Gasteiger charge is 2.25. The molecule has 2 rings (SSSR count). The van der Waals surface area contributed by atoms with Gasteiger partial charge in [-0.15, -0.1) is 0 Å². The van der Waals surface area contributed by atoms with Crippen molar-refractivity contribution in [1.29, 1.82) is 0 Å². The van der Waals surface area contributed by atoms with Gasteiger partial charge in [0.15, 0.2) is 0 Å². The maximum Gasteiger partial charge on any atom is 0.253 e. The van der Waals surface area contributed by atoms with Crippen molar-refractivity contribution < 1.29 is 4.79 Å². The number of halogens is 1. The molecule has 0 radical (unpaired) electrons. The van der Waals surface area contributed by atoms with Crippen LogP contribution < -0.4 is 0 Å². The quantitative estimate of drug-likeness (QED) is 0.833. The smallest absolute Gasteiger partial charge is 0.253 e. The summed E-state index contributed by atoms with van der Waals surface area (Å²) < 4.78 is 1.05. The van der Waals surface area contributed by atoms with Crippen molar-refractivity contribution in [1.82, 2.24) is 4.90 Å². The van der Waals surface area contributed by atoms with Gasteiger partial charge in [-0.05, 0) is 49.4 Å². The lowest BCUT2D eigenvalue weighted by molar-refractivity contribution is 0.0788. The predicted molar refractivity (Wildman–Crippen MR) is 68.6 cm³/mol. The normalized spacial score (nSPS) is 14.9. The van der Waals surface area contributed by atoms with E-state index in [0.29, 0.717) is 0 Å². The lowest BCUT2D eigenvalue weighted by Crippen LogP contribution is -2.28. The maximum atomic E-state index is 12.1. The van der Waals surface area contributed by atoms with Crippen LogP contribution in [0.15, 0.2) is 22.7 Å². The molecule has 0 atom stereocenters. The first kappa shape index (κ1) is 11.6. The molecular weight excluding hydrogens is 266 g/mol. The minimum absolute atomic E-state index is 0.127. The molecule has 1 aliphatic rings. The van der Waals surface area contributed by atoms with Crippen LogP contribution in [-0.2, 0) is 0 Å². The lowest BCUT2D eigenvalue weighted by Gasteiger charge is -2.17. The fourth-order valence-corrected chi connectivity index (χ4v) is 2.02. The van der Waals surface area contributed by atoms with Gasteiger partial charge >= 0.3 is 0 Å². The Morgan fingerprint density at radius 3 is 2.75 bits per heavy atom. The molecule has 86 valence electrons. The summed E-state index contributed by atoms with van der Waals surface area (Å²) in [6.45, 7) is 2.90. The van der Waals surface area contributed by atoms with Crippen molar-refractivity contribution in [2.45, 2.75) is 19.8 Å². The summed E-state index contributed by atoms with van der Waals surface area (Å²) in [7, 11) is 1.89. The first-order chi connectivity index (χ1) is 7.58. The summed E-state index contributed by atoms with van der Waals surface area (Å²) in [5, 5.41) is 0. The number of nitrogens with zero attached hydrogens (tertiary/aromatic N) is 1. The topological polar surface area (TPSA) is 20.3 Å². The van der Waals surface area contributed by atoms with E-state index in [2.05, 4.69) is 15.9 Å². The first-order valence-electron chi connectivity index (χ1n) is 5.59. The number of amides is 1. The molecule has 0 aromatic heterocycles. The molecule has 1 aromatic rings. The Morgan fingerprint density at radius 1 is 1.50 bits per heavy atom. The number of rotatable bonds is 3. The van der Waals surface area contributed by atoms with Crippen molar-refractivity contribution >= 4 is 21.8 Å². The summed E-state index contributed by atoms with van der Waals surface area (Å²) in [5.41, 5.74) is 1.88. The van der Waals surface area contributed by atoms with Crippen LogP contribution in [0, 0.1) is 12.8 Å². The molecule has 0 heterocycles. The Labute approximate surface area is 105 Å². The molecule has 0 bridgehead atoms. The number of hydrogen-bond acceptors (Lipinski definition) is 1. The molecule has 3 heteroatoms. The summed E-state index contributed by atoms with van der Waals surface area (Å²) >= 11 is 3.44. The standard InChI is InChI=1S/C13H16BrNO/c1-9-7-11(5-6-12(9)14)13(16)15(2)8-10-3-4-10/h5-7,10H,3-4,8H2,1-2H3. The predicted octanol–water partition coefficient (Wildman–Crippen LogP) is 3.24. The zero-order valence-electron chi connectivity index (χ0n) is 9.66. The van der Waals surface area contributed by atoms with Crippen molar-refractivity contribution in [3.63, 3.8) is 0 Å². The molecule has 0 saturated heterocycles. The number of aryl methyl sites for hydroxylation is 1. The highest BCUT2D eigenvalue weighted by molar-refractivity contribution is 9.10. The van der Waals surface area contributed by atoms with Crippen LogP contribution in [0.2, 0.25) is 0 Å². The summed E-state index contributed by atoms with van der Waals surface area (Å²) in [6.07, 6.45) is 2.55. The fraction of sp³-hybridized carbons (Fsp3) is 0.462. The van der Waals surface area contributed by atoms with Crippen LogP contribution in [0.3, 0.4) is 0 Å². The van der Waals surface area contributed by atoms with E-state index in [4.69, 9.17) is 0 Å². The van der Waals surface area contributed by atoms with Gasteiger partial charge in [0.1, 0.15) is 0 Å². The van der Waals surface area contributed by atoms with E-state index in [0.717, 1.165) is 28.1 Å². The Hall–Kier alpha value is -0.830. The molecule has 1 aromatic carbocycles. The van der Waals surface area contributed by atoms with Crippen LogP contribution in [0.1, 0.15) is 28.8 Å². The van der Waals surface area contributed by atoms with E-state index < -0.39 is 0 Å². The molecule has 0 spiro atoms. The molecule has 0 unspecified atom stereocenters. The second-order valence-corrected chi connectivity index (χ2v) is 5.45. The summed E-state index contributed by atoms with van der Waals surface area (Å²) in [5.74, 6) is 0.869. The Bertz CT molecular complexity index is 412. The maximum absolute atomic E-state index is 12.1. The fourth-order valence-electron chi connectivity index (χ4n) is 1.77. The Balaban J connectivity index is 2.09. The molecule has 1 saturated carbocycles. The molecule has 1 fully saturated rings. The van der Waals surface area contributed by atoms with Crippen LogP contribution >= 0.6 is 15.9 Å². The van der Waals surface area contributed by atoms with Gasteiger partial charge in [0.25, 0.3) is 5.91 Å². The van der Waals surface area contributed by atoms with E-state index in [1.54, 1.807) is 0 Å². The SMILES string of the molecule is Cc1cc(C(=O)N(C)CC2CC2)ccc1Br. The molecule has 16 heavy (non-hydrogen) atoms. The van der Waals surface area contributed by atoms with Gasteiger partial charge in [-0.2, -0.15) is 0 Å². The molecule has 2 nitrogen and oxygen atoms in total. The molecular formula is C13H16BrNO. The number of benzene rings is 1. The molecule has 1 aliphatic carbocycles. The third kappa shape index (κ3) is 2.64. The van der Waals surface area contributed by atoms with Gasteiger partial charge in [0.2, 0.25) is 0 Å². The van der Waals surface area contributed by atoms with Gasteiger partial charge in [0.05, 0.1) is 0 Å². The van der Waals surface area contributed by atoms with E-state index in [-0.39, 0.29) is 5.91 Å². The van der Waals surface area contributed by atoms with Crippen LogP contribution in [0.25, 0.3) is 0 Å². The summed E-state index contributed by atoms with van der Waals surface area (Å²) in [6, 6.07) is 5.76. The summed E-state index contributed by atoms with van der Waals surface area (Å²) in [4.78, 5) is 13.9. The third-order valence-electron chi connectivity index (χ3n) is 2.98. The number of carbonyl (C=O) groups excluding carboxylic acids is 1. The van der Waals surface area contributed by atoms with Crippen LogP contribution in [0.5, 0.6) is 0 Å². The largest absolute Gasteiger partial charge is 0.341 e. The number of hydrogen-bond donors (Lipinski definition) is 0. The van der Waals surface area contributed by atoms with Gasteiger partial charge < -0.3 is 4.90 Å². The van der Waals surface area contributed by atoms with Crippen LogP contribution in [-0.4, -0.2) is 24.4 Å². The minimum atomic E-state index is 0.127. The van der Waals surface area contributed by atoms with E-state index in [1.807, 2.05) is 37.1 Å². The van der Waals surface area contributed by atoms with Crippen molar-refractivity contribution in [3.05, 3.63) is 33.8 Å². The van der Waals surface area contributed by atoms with E-state index in [9.17, 15) is 4.79 Å². The van der Waals surface area contributed by atoms with Crippen molar-refractivity contribution in [2.75, 3.05) is 13.6 Å². The molecule has 1 amide bonds. The second-order valence-electron chi connectivity index (χ2n) is 4.59. The van der Waals surface area contributed by atoms with Crippen molar-refractivity contribution in [2.24, 2.45) is 5.92 Å². The van der Waals surface area contributed by atoms with Gasteiger partial charge in [-0.1, -0.05) is 15.9 Å². The highest BCUT2D eigenvalue weighted by atomic mass is 79.9. The lowest BCUT2D eigenvalue weighted by atomic mass is 10.1. The Kier molecular flexibility index (Phi) is 3.33. The average molecular weight is 282 g/mol. The zero-order valence-corrected chi connectivity index (χ0v) is 11.3. The molecule has 0 aliphatic heterocycles. The average Bonchev–Trinajstić information content (AvgIpc) is 3.05. The highest BCUT2D eigenvalue weighted by Crippen LogP contribution is 2.29. The Morgan fingerprint density at radius 2 is 2.19 bits per heavy atom. The van der Waals surface area contributed by atoms with E-state index >= 15 is 0 Å². The van der Waals surface area contributed by atoms with Gasteiger partial charge in [-0.25, -0.2) is 0 Å². The second kappa shape index (κ2) is 4.58. The zero-order chi connectivity index (χ0) is 11.7.